The summed E-state index contributed by atoms with van der Waals surface area (Å²) in [7, 11) is 0. The lowest BCUT2D eigenvalue weighted by atomic mass is 10.0. The molecule has 0 radical (unpaired) electrons. The number of benzene rings is 1. The van der Waals surface area contributed by atoms with Gasteiger partial charge in [-0.2, -0.15) is 14.0 Å². The van der Waals surface area contributed by atoms with E-state index in [0.717, 1.165) is 0 Å². The van der Waals surface area contributed by atoms with Crippen molar-refractivity contribution in [1.29, 1.82) is 5.26 Å². The zero-order chi connectivity index (χ0) is 13.0. The predicted octanol–water partition coefficient (Wildman–Crippen LogP) is 3.13. The number of hydrogen-bond donors (Lipinski definition) is 0. The van der Waals surface area contributed by atoms with Gasteiger partial charge in [0.25, 0.3) is 0 Å². The SMILES string of the molecule is CC(Br)C(=O)c1c(C#N)cccc1OC(F)F. The molecular formula is C11H8BrF2NO2. The summed E-state index contributed by atoms with van der Waals surface area (Å²) in [5, 5.41) is 8.85. The quantitative estimate of drug-likeness (QED) is 0.634. The lowest BCUT2D eigenvalue weighted by molar-refractivity contribution is -0.0501. The van der Waals surface area contributed by atoms with Gasteiger partial charge >= 0.3 is 6.61 Å². The standard InChI is InChI=1S/C11H8BrF2NO2/c1-6(12)10(16)9-7(5-15)3-2-4-8(9)17-11(13)14/h2-4,6,11H,1H3. The number of nitriles is 1. The number of ketones is 1. The average Bonchev–Trinajstić information content (AvgIpc) is 2.26. The van der Waals surface area contributed by atoms with Crippen LogP contribution in [-0.4, -0.2) is 17.2 Å². The van der Waals surface area contributed by atoms with Gasteiger partial charge in [0.2, 0.25) is 0 Å². The Bertz CT molecular complexity index is 469. The second kappa shape index (κ2) is 5.73. The van der Waals surface area contributed by atoms with Crippen LogP contribution < -0.4 is 4.74 Å². The van der Waals surface area contributed by atoms with E-state index in [1.807, 2.05) is 0 Å². The maximum absolute atomic E-state index is 12.2. The molecule has 0 spiro atoms. The van der Waals surface area contributed by atoms with Crippen molar-refractivity contribution in [2.45, 2.75) is 18.4 Å². The molecule has 1 atom stereocenters. The van der Waals surface area contributed by atoms with E-state index in [4.69, 9.17) is 5.26 Å². The fraction of sp³-hybridized carbons (Fsp3) is 0.273. The highest BCUT2D eigenvalue weighted by molar-refractivity contribution is 9.10. The number of halogens is 3. The van der Waals surface area contributed by atoms with Gasteiger partial charge in [0.05, 0.1) is 16.0 Å². The van der Waals surface area contributed by atoms with Crippen molar-refractivity contribution in [3.8, 4) is 11.8 Å². The largest absolute Gasteiger partial charge is 0.434 e. The molecule has 1 aromatic rings. The van der Waals surface area contributed by atoms with Crippen LogP contribution in [0.4, 0.5) is 8.78 Å². The van der Waals surface area contributed by atoms with E-state index in [1.54, 1.807) is 13.0 Å². The fourth-order valence-corrected chi connectivity index (χ4v) is 1.50. The van der Waals surface area contributed by atoms with Crippen molar-refractivity contribution in [2.75, 3.05) is 0 Å². The number of ether oxygens (including phenoxy) is 1. The Morgan fingerprint density at radius 3 is 2.65 bits per heavy atom. The molecule has 1 rings (SSSR count). The van der Waals surface area contributed by atoms with Crippen LogP contribution in [0.5, 0.6) is 5.75 Å². The Morgan fingerprint density at radius 2 is 2.18 bits per heavy atom. The normalized spacial score (nSPS) is 12.0. The molecular weight excluding hydrogens is 296 g/mol. The van der Waals surface area contributed by atoms with E-state index in [0.29, 0.717) is 0 Å². The van der Waals surface area contributed by atoms with Crippen molar-refractivity contribution in [3.63, 3.8) is 0 Å². The topological polar surface area (TPSA) is 50.1 Å². The van der Waals surface area contributed by atoms with Crippen LogP contribution in [0.3, 0.4) is 0 Å². The number of alkyl halides is 3. The van der Waals surface area contributed by atoms with Crippen LogP contribution in [-0.2, 0) is 0 Å². The van der Waals surface area contributed by atoms with Gasteiger partial charge < -0.3 is 4.74 Å². The van der Waals surface area contributed by atoms with E-state index in [9.17, 15) is 13.6 Å². The highest BCUT2D eigenvalue weighted by Crippen LogP contribution is 2.26. The average molecular weight is 304 g/mol. The third kappa shape index (κ3) is 3.24. The molecule has 17 heavy (non-hydrogen) atoms. The van der Waals surface area contributed by atoms with Crippen molar-refractivity contribution < 1.29 is 18.3 Å². The van der Waals surface area contributed by atoms with E-state index < -0.39 is 17.2 Å². The maximum Gasteiger partial charge on any atom is 0.387 e. The van der Waals surface area contributed by atoms with E-state index >= 15 is 0 Å². The molecule has 1 unspecified atom stereocenters. The summed E-state index contributed by atoms with van der Waals surface area (Å²) in [6.07, 6.45) is 0. The minimum absolute atomic E-state index is 0.0134. The number of rotatable bonds is 4. The molecule has 0 saturated carbocycles. The number of Topliss-reactive ketones (excluding diaryl/α,β-unsaturated/α-hetero) is 1. The molecule has 0 aliphatic rings. The second-order valence-corrected chi connectivity index (χ2v) is 4.52. The van der Waals surface area contributed by atoms with Gasteiger partial charge in [-0.25, -0.2) is 0 Å². The van der Waals surface area contributed by atoms with Gasteiger partial charge in [-0.05, 0) is 19.1 Å². The number of nitrogens with zero attached hydrogens (tertiary/aromatic N) is 1. The summed E-state index contributed by atoms with van der Waals surface area (Å²) >= 11 is 3.04. The monoisotopic (exact) mass is 303 g/mol. The molecule has 3 nitrogen and oxygen atoms in total. The van der Waals surface area contributed by atoms with Crippen LogP contribution in [0.1, 0.15) is 22.8 Å². The van der Waals surface area contributed by atoms with Crippen molar-refractivity contribution >= 4 is 21.7 Å². The Kier molecular flexibility index (Phi) is 4.58. The van der Waals surface area contributed by atoms with Crippen LogP contribution in [0, 0.1) is 11.3 Å². The highest BCUT2D eigenvalue weighted by atomic mass is 79.9. The third-order valence-electron chi connectivity index (χ3n) is 1.97. The number of carbonyl (C=O) groups excluding carboxylic acids is 1. The lowest BCUT2D eigenvalue weighted by Gasteiger charge is -2.12. The van der Waals surface area contributed by atoms with Crippen LogP contribution in [0.25, 0.3) is 0 Å². The van der Waals surface area contributed by atoms with Gasteiger partial charge in [0.1, 0.15) is 11.8 Å². The first-order valence-corrected chi connectivity index (χ1v) is 5.55. The molecule has 90 valence electrons. The summed E-state index contributed by atoms with van der Waals surface area (Å²) < 4.78 is 28.6. The van der Waals surface area contributed by atoms with Crippen molar-refractivity contribution in [3.05, 3.63) is 29.3 Å². The first kappa shape index (κ1) is 13.6. The fourth-order valence-electron chi connectivity index (χ4n) is 1.27. The lowest BCUT2D eigenvalue weighted by Crippen LogP contribution is -2.15. The summed E-state index contributed by atoms with van der Waals surface area (Å²) in [5.74, 6) is -0.756. The summed E-state index contributed by atoms with van der Waals surface area (Å²) in [4.78, 5) is 11.2. The Balaban J connectivity index is 3.31. The smallest absolute Gasteiger partial charge is 0.387 e. The first-order chi connectivity index (χ1) is 7.97. The molecule has 0 saturated heterocycles. The highest BCUT2D eigenvalue weighted by Gasteiger charge is 2.22. The van der Waals surface area contributed by atoms with Crippen molar-refractivity contribution in [2.24, 2.45) is 0 Å². The van der Waals surface area contributed by atoms with Crippen LogP contribution in [0.2, 0.25) is 0 Å². The summed E-state index contributed by atoms with van der Waals surface area (Å²) in [6.45, 7) is -1.50. The minimum atomic E-state index is -3.04. The third-order valence-corrected chi connectivity index (χ3v) is 2.39. The minimum Gasteiger partial charge on any atom is -0.434 e. The van der Waals surface area contributed by atoms with Gasteiger partial charge in [0, 0.05) is 0 Å². The summed E-state index contributed by atoms with van der Waals surface area (Å²) in [6, 6.07) is 5.77. The van der Waals surface area contributed by atoms with Gasteiger partial charge in [0.15, 0.2) is 5.78 Å². The molecule has 0 N–H and O–H groups in total. The Hall–Kier alpha value is -1.48. The zero-order valence-electron chi connectivity index (χ0n) is 8.78. The van der Waals surface area contributed by atoms with E-state index in [1.165, 1.54) is 18.2 Å². The second-order valence-electron chi connectivity index (χ2n) is 3.15. The first-order valence-electron chi connectivity index (χ1n) is 4.63. The van der Waals surface area contributed by atoms with Crippen LogP contribution in [0.15, 0.2) is 18.2 Å². The number of hydrogen-bond acceptors (Lipinski definition) is 3. The zero-order valence-corrected chi connectivity index (χ0v) is 10.4. The molecule has 1 aromatic carbocycles. The molecule has 0 amide bonds. The molecule has 0 bridgehead atoms. The van der Waals surface area contributed by atoms with Gasteiger partial charge in [-0.1, -0.05) is 22.0 Å². The molecule has 0 aromatic heterocycles. The van der Waals surface area contributed by atoms with Crippen LogP contribution >= 0.6 is 15.9 Å². The Morgan fingerprint density at radius 1 is 1.53 bits per heavy atom. The van der Waals surface area contributed by atoms with Crippen molar-refractivity contribution in [1.82, 2.24) is 0 Å². The molecule has 0 aliphatic heterocycles. The Labute approximate surface area is 105 Å². The maximum atomic E-state index is 12.2. The van der Waals surface area contributed by atoms with E-state index in [-0.39, 0.29) is 16.9 Å². The molecule has 0 heterocycles. The molecule has 6 heteroatoms. The van der Waals surface area contributed by atoms with E-state index in [2.05, 4.69) is 20.7 Å². The number of carbonyl (C=O) groups is 1. The van der Waals surface area contributed by atoms with Gasteiger partial charge in [-0.3, -0.25) is 4.79 Å². The molecule has 0 fully saturated rings. The summed E-state index contributed by atoms with van der Waals surface area (Å²) in [5.41, 5.74) is -0.112. The van der Waals surface area contributed by atoms with Gasteiger partial charge in [-0.15, -0.1) is 0 Å². The molecule has 0 aliphatic carbocycles. The predicted molar refractivity (Wildman–Crippen MR) is 60.5 cm³/mol.